The molecule has 1 rings (SSSR count). The third-order valence-electron chi connectivity index (χ3n) is 1.97. The van der Waals surface area contributed by atoms with Crippen LogP contribution in [0.3, 0.4) is 0 Å². The highest BCUT2D eigenvalue weighted by molar-refractivity contribution is 5.87. The highest BCUT2D eigenvalue weighted by Gasteiger charge is 2.07. The van der Waals surface area contributed by atoms with Gasteiger partial charge in [-0.2, -0.15) is 0 Å². The van der Waals surface area contributed by atoms with Crippen molar-refractivity contribution in [2.75, 3.05) is 27.2 Å². The van der Waals surface area contributed by atoms with Gasteiger partial charge in [-0.3, -0.25) is 0 Å². The van der Waals surface area contributed by atoms with Gasteiger partial charge in [-0.1, -0.05) is 0 Å². The van der Waals surface area contributed by atoms with Gasteiger partial charge in [-0.25, -0.2) is 9.78 Å². The van der Waals surface area contributed by atoms with Gasteiger partial charge >= 0.3 is 5.97 Å². The highest BCUT2D eigenvalue weighted by Crippen LogP contribution is 2.12. The molecule has 0 amide bonds. The Bertz CT molecular complexity index is 377. The molecule has 1 aromatic rings. The molecule has 5 nitrogen and oxygen atoms in total. The van der Waals surface area contributed by atoms with Gasteiger partial charge in [0.05, 0.1) is 5.56 Å². The van der Waals surface area contributed by atoms with Crippen molar-refractivity contribution in [1.82, 2.24) is 9.88 Å². The molecular weight excluding hydrogens is 208 g/mol. The van der Waals surface area contributed by atoms with E-state index in [-0.39, 0.29) is 5.56 Å². The van der Waals surface area contributed by atoms with Crippen LogP contribution < -0.4 is 4.74 Å². The number of hydrogen-bond acceptors (Lipinski definition) is 4. The molecule has 0 unspecified atom stereocenters. The number of pyridine rings is 1. The summed E-state index contributed by atoms with van der Waals surface area (Å²) < 4.78 is 5.37. The van der Waals surface area contributed by atoms with Gasteiger partial charge in [0.25, 0.3) is 0 Å². The lowest BCUT2D eigenvalue weighted by atomic mass is 10.2. The maximum atomic E-state index is 10.8. The number of aromatic nitrogens is 1. The molecule has 0 aliphatic heterocycles. The Morgan fingerprint density at radius 3 is 2.75 bits per heavy atom. The standard InChI is InChI=1S/C11H16N2O3/c1-8-6-9(11(14)15)7-10(12-8)16-5-4-13(2)3/h6-7H,4-5H2,1-3H3,(H,14,15). The summed E-state index contributed by atoms with van der Waals surface area (Å²) in [5, 5.41) is 8.86. The molecule has 0 saturated carbocycles. The molecule has 0 radical (unpaired) electrons. The summed E-state index contributed by atoms with van der Waals surface area (Å²) in [5.74, 6) is -0.609. The number of carbonyl (C=O) groups is 1. The van der Waals surface area contributed by atoms with E-state index in [0.717, 1.165) is 6.54 Å². The zero-order chi connectivity index (χ0) is 12.1. The Morgan fingerprint density at radius 1 is 1.50 bits per heavy atom. The maximum absolute atomic E-state index is 10.8. The fraction of sp³-hybridized carbons (Fsp3) is 0.455. The summed E-state index contributed by atoms with van der Waals surface area (Å²) >= 11 is 0. The molecule has 5 heteroatoms. The third-order valence-corrected chi connectivity index (χ3v) is 1.97. The fourth-order valence-electron chi connectivity index (χ4n) is 1.17. The maximum Gasteiger partial charge on any atom is 0.335 e. The zero-order valence-electron chi connectivity index (χ0n) is 9.73. The highest BCUT2D eigenvalue weighted by atomic mass is 16.5. The van der Waals surface area contributed by atoms with Crippen molar-refractivity contribution in [1.29, 1.82) is 0 Å². The van der Waals surface area contributed by atoms with Crippen LogP contribution in [0.4, 0.5) is 0 Å². The fourth-order valence-corrected chi connectivity index (χ4v) is 1.17. The molecule has 0 saturated heterocycles. The number of aryl methyl sites for hydroxylation is 1. The first-order valence-electron chi connectivity index (χ1n) is 4.98. The van der Waals surface area contributed by atoms with E-state index in [1.54, 1.807) is 6.92 Å². The summed E-state index contributed by atoms with van der Waals surface area (Å²) in [7, 11) is 3.88. The Kier molecular flexibility index (Phi) is 4.25. The van der Waals surface area contributed by atoms with Crippen LogP contribution in [0.5, 0.6) is 5.88 Å². The van der Waals surface area contributed by atoms with Gasteiger partial charge in [0.2, 0.25) is 5.88 Å². The van der Waals surface area contributed by atoms with Crippen LogP contribution in [-0.2, 0) is 0 Å². The summed E-state index contributed by atoms with van der Waals surface area (Å²) in [6.45, 7) is 2.99. The average molecular weight is 224 g/mol. The van der Waals surface area contributed by atoms with Crippen LogP contribution >= 0.6 is 0 Å². The predicted octanol–water partition coefficient (Wildman–Crippen LogP) is 1.03. The minimum absolute atomic E-state index is 0.201. The van der Waals surface area contributed by atoms with E-state index < -0.39 is 5.97 Å². The molecule has 0 spiro atoms. The summed E-state index contributed by atoms with van der Waals surface area (Å²) in [6.07, 6.45) is 0. The molecule has 0 aliphatic carbocycles. The number of ether oxygens (including phenoxy) is 1. The SMILES string of the molecule is Cc1cc(C(=O)O)cc(OCCN(C)C)n1. The third kappa shape index (κ3) is 3.86. The van der Waals surface area contributed by atoms with Crippen LogP contribution in [0.25, 0.3) is 0 Å². The van der Waals surface area contributed by atoms with E-state index in [2.05, 4.69) is 4.98 Å². The molecule has 0 bridgehead atoms. The van der Waals surface area contributed by atoms with Crippen molar-refractivity contribution in [3.63, 3.8) is 0 Å². The van der Waals surface area contributed by atoms with Gasteiger partial charge in [0.1, 0.15) is 6.61 Å². The van der Waals surface area contributed by atoms with Gasteiger partial charge in [0, 0.05) is 18.3 Å². The molecule has 1 N–H and O–H groups in total. The smallest absolute Gasteiger partial charge is 0.335 e. The lowest BCUT2D eigenvalue weighted by molar-refractivity contribution is 0.0696. The predicted molar refractivity (Wildman–Crippen MR) is 60.0 cm³/mol. The van der Waals surface area contributed by atoms with Crippen LogP contribution in [0.15, 0.2) is 12.1 Å². The normalized spacial score (nSPS) is 10.5. The molecule has 16 heavy (non-hydrogen) atoms. The second kappa shape index (κ2) is 5.46. The Hall–Kier alpha value is -1.62. The number of carboxylic acids is 1. The topological polar surface area (TPSA) is 62.7 Å². The van der Waals surface area contributed by atoms with E-state index >= 15 is 0 Å². The van der Waals surface area contributed by atoms with E-state index in [1.807, 2.05) is 19.0 Å². The number of aromatic carboxylic acids is 1. The van der Waals surface area contributed by atoms with Crippen molar-refractivity contribution in [2.24, 2.45) is 0 Å². The van der Waals surface area contributed by atoms with E-state index in [4.69, 9.17) is 9.84 Å². The first-order valence-corrected chi connectivity index (χ1v) is 4.98. The Balaban J connectivity index is 2.69. The molecule has 88 valence electrons. The lowest BCUT2D eigenvalue weighted by Gasteiger charge is -2.11. The Labute approximate surface area is 94.7 Å². The van der Waals surface area contributed by atoms with Crippen LogP contribution in [0.2, 0.25) is 0 Å². The molecule has 0 atom stereocenters. The first-order chi connectivity index (χ1) is 7.49. The number of nitrogens with zero attached hydrogens (tertiary/aromatic N) is 2. The molecule has 0 fully saturated rings. The van der Waals surface area contributed by atoms with Gasteiger partial charge in [-0.15, -0.1) is 0 Å². The number of likely N-dealkylation sites (N-methyl/N-ethyl adjacent to an activating group) is 1. The van der Waals surface area contributed by atoms with Crippen molar-refractivity contribution < 1.29 is 14.6 Å². The van der Waals surface area contributed by atoms with Crippen molar-refractivity contribution in [3.05, 3.63) is 23.4 Å². The Morgan fingerprint density at radius 2 is 2.19 bits per heavy atom. The number of rotatable bonds is 5. The van der Waals surface area contributed by atoms with Crippen LogP contribution in [0, 0.1) is 6.92 Å². The quantitative estimate of drug-likeness (QED) is 0.809. The molecular formula is C11H16N2O3. The van der Waals surface area contributed by atoms with Crippen molar-refractivity contribution >= 4 is 5.97 Å². The molecule has 0 aliphatic rings. The van der Waals surface area contributed by atoms with Gasteiger partial charge in [-0.05, 0) is 27.1 Å². The molecule has 0 aromatic carbocycles. The van der Waals surface area contributed by atoms with Crippen LogP contribution in [0.1, 0.15) is 16.1 Å². The first kappa shape index (κ1) is 12.4. The van der Waals surface area contributed by atoms with E-state index in [1.165, 1.54) is 12.1 Å². The molecule has 1 heterocycles. The molecule has 1 aromatic heterocycles. The minimum Gasteiger partial charge on any atom is -0.478 e. The largest absolute Gasteiger partial charge is 0.478 e. The summed E-state index contributed by atoms with van der Waals surface area (Å²) in [4.78, 5) is 16.9. The second-order valence-electron chi connectivity index (χ2n) is 3.79. The van der Waals surface area contributed by atoms with E-state index in [0.29, 0.717) is 18.2 Å². The lowest BCUT2D eigenvalue weighted by Crippen LogP contribution is -2.19. The zero-order valence-corrected chi connectivity index (χ0v) is 9.73. The second-order valence-corrected chi connectivity index (χ2v) is 3.79. The minimum atomic E-state index is -0.969. The number of hydrogen-bond donors (Lipinski definition) is 1. The van der Waals surface area contributed by atoms with Crippen molar-refractivity contribution in [2.45, 2.75) is 6.92 Å². The monoisotopic (exact) mass is 224 g/mol. The van der Waals surface area contributed by atoms with Gasteiger partial charge < -0.3 is 14.7 Å². The van der Waals surface area contributed by atoms with Crippen molar-refractivity contribution in [3.8, 4) is 5.88 Å². The summed E-state index contributed by atoms with van der Waals surface area (Å²) in [6, 6.07) is 2.95. The number of carboxylic acid groups (broad SMARTS) is 1. The van der Waals surface area contributed by atoms with Gasteiger partial charge in [0.15, 0.2) is 0 Å². The van der Waals surface area contributed by atoms with E-state index in [9.17, 15) is 4.79 Å². The average Bonchev–Trinajstić information content (AvgIpc) is 2.16. The van der Waals surface area contributed by atoms with Crippen LogP contribution in [-0.4, -0.2) is 48.2 Å². The summed E-state index contributed by atoms with van der Waals surface area (Å²) in [5.41, 5.74) is 0.840.